The lowest BCUT2D eigenvalue weighted by molar-refractivity contribution is -0.0810. The molecule has 1 aromatic carbocycles. The number of nitrogens with one attached hydrogen (secondary N) is 2. The quantitative estimate of drug-likeness (QED) is 0.711. The van der Waals surface area contributed by atoms with Crippen molar-refractivity contribution in [3.8, 4) is 0 Å². The van der Waals surface area contributed by atoms with Crippen molar-refractivity contribution in [2.75, 3.05) is 0 Å². The molecule has 0 aliphatic heterocycles. The predicted molar refractivity (Wildman–Crippen MR) is 105 cm³/mol. The van der Waals surface area contributed by atoms with E-state index in [4.69, 9.17) is 0 Å². The molecule has 8 nitrogen and oxygen atoms in total. The van der Waals surface area contributed by atoms with Crippen LogP contribution >= 0.6 is 0 Å². The molecule has 2 unspecified atom stereocenters. The van der Waals surface area contributed by atoms with Crippen molar-refractivity contribution in [1.29, 1.82) is 0 Å². The first-order valence-electron chi connectivity index (χ1n) is 10.2. The van der Waals surface area contributed by atoms with Crippen molar-refractivity contribution >= 4 is 16.7 Å². The van der Waals surface area contributed by atoms with Crippen LogP contribution in [-0.2, 0) is 5.54 Å². The van der Waals surface area contributed by atoms with E-state index in [9.17, 15) is 9.59 Å². The Hall–Kier alpha value is -3.03. The lowest BCUT2D eigenvalue weighted by Crippen LogP contribution is -2.66. The third-order valence-electron chi connectivity index (χ3n) is 7.24. The Morgan fingerprint density at radius 1 is 1.14 bits per heavy atom. The highest BCUT2D eigenvalue weighted by atomic mass is 16.2. The van der Waals surface area contributed by atoms with Gasteiger partial charge in [-0.05, 0) is 61.6 Å². The number of pyridine rings is 1. The number of hydrogen-bond acceptors (Lipinski definition) is 5. The number of nitrogens with zero attached hydrogens (tertiary/aromatic N) is 4. The molecule has 1 amide bonds. The van der Waals surface area contributed by atoms with E-state index in [-0.39, 0.29) is 22.5 Å². The normalized spacial score (nSPS) is 32.6. The van der Waals surface area contributed by atoms with Gasteiger partial charge in [0.25, 0.3) is 11.5 Å². The number of H-pyrrole nitrogens is 1. The number of tetrazole rings is 1. The maximum absolute atomic E-state index is 13.4. The second-order valence-corrected chi connectivity index (χ2v) is 9.22. The summed E-state index contributed by atoms with van der Waals surface area (Å²) < 4.78 is 0. The summed E-state index contributed by atoms with van der Waals surface area (Å²) >= 11 is 0. The van der Waals surface area contributed by atoms with Crippen LogP contribution in [0.3, 0.4) is 0 Å². The van der Waals surface area contributed by atoms with Gasteiger partial charge in [-0.2, -0.15) is 4.80 Å². The number of amides is 1. The minimum Gasteiger partial charge on any atom is -0.346 e. The van der Waals surface area contributed by atoms with E-state index >= 15 is 0 Å². The Morgan fingerprint density at radius 3 is 2.62 bits per heavy atom. The second-order valence-electron chi connectivity index (χ2n) is 9.22. The van der Waals surface area contributed by atoms with Crippen LogP contribution in [0.5, 0.6) is 0 Å². The van der Waals surface area contributed by atoms with Gasteiger partial charge in [-0.1, -0.05) is 18.2 Å². The van der Waals surface area contributed by atoms with Crippen molar-refractivity contribution in [2.24, 2.45) is 11.8 Å². The molecule has 3 aromatic rings. The van der Waals surface area contributed by atoms with E-state index < -0.39 is 0 Å². The fraction of sp³-hybridized carbons (Fsp3) is 0.476. The van der Waals surface area contributed by atoms with Crippen LogP contribution in [0, 0.1) is 11.8 Å². The highest BCUT2D eigenvalue weighted by molar-refractivity contribution is 6.06. The molecule has 4 atom stereocenters. The number of aromatic nitrogens is 5. The number of hydrogen-bond donors (Lipinski definition) is 2. The summed E-state index contributed by atoms with van der Waals surface area (Å²) in [6, 6.07) is 7.25. The molecule has 2 aromatic heterocycles. The average Bonchev–Trinajstić information content (AvgIpc) is 3.23. The molecule has 148 valence electrons. The maximum atomic E-state index is 13.4. The molecule has 4 aliphatic carbocycles. The summed E-state index contributed by atoms with van der Waals surface area (Å²) in [6.45, 7) is 0. The Labute approximate surface area is 166 Å². The zero-order chi connectivity index (χ0) is 19.6. The summed E-state index contributed by atoms with van der Waals surface area (Å²) in [7, 11) is 0. The fourth-order valence-electron chi connectivity index (χ4n) is 6.68. The molecule has 4 saturated carbocycles. The van der Waals surface area contributed by atoms with Crippen LogP contribution in [0.25, 0.3) is 10.8 Å². The Balaban J connectivity index is 1.37. The summed E-state index contributed by atoms with van der Waals surface area (Å²) in [5, 5.41) is 17.1. The Morgan fingerprint density at radius 2 is 1.90 bits per heavy atom. The largest absolute Gasteiger partial charge is 0.346 e. The molecule has 8 heteroatoms. The first-order chi connectivity index (χ1) is 14.1. The lowest BCUT2D eigenvalue weighted by atomic mass is 9.50. The molecular formula is C21H22N6O2. The summed E-state index contributed by atoms with van der Waals surface area (Å²) in [4.78, 5) is 30.0. The first-order valence-corrected chi connectivity index (χ1v) is 10.2. The molecule has 7 rings (SSSR count). The van der Waals surface area contributed by atoms with Gasteiger partial charge in [-0.25, -0.2) is 0 Å². The number of rotatable bonds is 3. The van der Waals surface area contributed by atoms with Gasteiger partial charge in [-0.15, -0.1) is 10.2 Å². The number of benzene rings is 1. The van der Waals surface area contributed by atoms with Gasteiger partial charge < -0.3 is 10.3 Å². The van der Waals surface area contributed by atoms with Gasteiger partial charge in [0.1, 0.15) is 0 Å². The summed E-state index contributed by atoms with van der Waals surface area (Å²) in [5.74, 6) is 1.01. The van der Waals surface area contributed by atoms with Crippen molar-refractivity contribution in [3.05, 3.63) is 52.7 Å². The molecule has 0 radical (unpaired) electrons. The molecule has 4 bridgehead atoms. The van der Waals surface area contributed by atoms with Crippen molar-refractivity contribution < 1.29 is 4.79 Å². The maximum Gasteiger partial charge on any atom is 0.255 e. The fourth-order valence-corrected chi connectivity index (χ4v) is 6.68. The molecule has 29 heavy (non-hydrogen) atoms. The van der Waals surface area contributed by atoms with E-state index in [0.717, 1.165) is 32.1 Å². The molecule has 4 aliphatic rings. The molecular weight excluding hydrogens is 368 g/mol. The van der Waals surface area contributed by atoms with Crippen LogP contribution in [-0.4, -0.2) is 36.6 Å². The molecule has 2 N–H and O–H groups in total. The van der Waals surface area contributed by atoms with Crippen LogP contribution in [0.4, 0.5) is 0 Å². The minimum absolute atomic E-state index is 0.124. The third kappa shape index (κ3) is 2.47. The van der Waals surface area contributed by atoms with Gasteiger partial charge >= 0.3 is 0 Å². The van der Waals surface area contributed by atoms with Crippen LogP contribution in [0.15, 0.2) is 41.6 Å². The molecule has 2 heterocycles. The lowest BCUT2D eigenvalue weighted by Gasteiger charge is -2.61. The summed E-state index contributed by atoms with van der Waals surface area (Å²) in [5.41, 5.74) is -0.0699. The number of aromatic amines is 1. The van der Waals surface area contributed by atoms with E-state index in [0.29, 0.717) is 28.2 Å². The predicted octanol–water partition coefficient (Wildman–Crippen LogP) is 1.99. The minimum atomic E-state index is -0.258. The Bertz CT molecular complexity index is 1150. The van der Waals surface area contributed by atoms with E-state index in [1.807, 2.05) is 18.2 Å². The topological polar surface area (TPSA) is 106 Å². The number of fused-ring (bicyclic) bond motifs is 1. The SMILES string of the molecule is O=C(NC12C[C@H]3C[C@@H](C1)CC(n1ncnn1)(C3)C2)c1c[nH]c(=O)c2ccccc12. The highest BCUT2D eigenvalue weighted by Crippen LogP contribution is 2.60. The highest BCUT2D eigenvalue weighted by Gasteiger charge is 2.60. The number of carbonyl (C=O) groups is 1. The van der Waals surface area contributed by atoms with Gasteiger partial charge in [0.2, 0.25) is 0 Å². The van der Waals surface area contributed by atoms with Crippen molar-refractivity contribution in [3.63, 3.8) is 0 Å². The molecule has 4 fully saturated rings. The zero-order valence-electron chi connectivity index (χ0n) is 16.0. The molecule has 0 spiro atoms. The summed E-state index contributed by atoms with van der Waals surface area (Å²) in [6.07, 6.45) is 9.18. The van der Waals surface area contributed by atoms with Crippen LogP contribution in [0.2, 0.25) is 0 Å². The smallest absolute Gasteiger partial charge is 0.255 e. The van der Waals surface area contributed by atoms with Crippen LogP contribution < -0.4 is 10.9 Å². The van der Waals surface area contributed by atoms with Crippen molar-refractivity contribution in [1.82, 2.24) is 30.5 Å². The van der Waals surface area contributed by atoms with Gasteiger partial charge in [0.15, 0.2) is 6.33 Å². The van der Waals surface area contributed by atoms with E-state index in [1.54, 1.807) is 10.9 Å². The molecule has 0 saturated heterocycles. The van der Waals surface area contributed by atoms with Crippen LogP contribution in [0.1, 0.15) is 48.9 Å². The van der Waals surface area contributed by atoms with Gasteiger partial charge in [0.05, 0.1) is 11.1 Å². The first kappa shape index (κ1) is 16.9. The number of carbonyl (C=O) groups excluding carboxylic acids is 1. The van der Waals surface area contributed by atoms with Gasteiger partial charge in [0, 0.05) is 22.5 Å². The van der Waals surface area contributed by atoms with E-state index in [1.165, 1.54) is 18.9 Å². The van der Waals surface area contributed by atoms with Crippen molar-refractivity contribution in [2.45, 2.75) is 49.6 Å². The van der Waals surface area contributed by atoms with E-state index in [2.05, 4.69) is 25.7 Å². The monoisotopic (exact) mass is 390 g/mol. The zero-order valence-corrected chi connectivity index (χ0v) is 16.0. The average molecular weight is 390 g/mol. The van der Waals surface area contributed by atoms with Gasteiger partial charge in [-0.3, -0.25) is 9.59 Å². The third-order valence-corrected chi connectivity index (χ3v) is 7.24. The standard InChI is InChI=1S/C21H22N6O2/c28-18-16-4-2-1-3-15(16)17(10-22-18)19(29)25-20-6-13-5-14(7-20)9-21(8-13,11-20)27-24-12-23-26-27/h1-4,10,12-14H,5-9,11H2,(H,22,28)(H,25,29)/t13-,14+,20?,21?. The second kappa shape index (κ2) is 5.75. The Kier molecular flexibility index (Phi) is 3.34.